The number of hydrogen-bond donors (Lipinski definition) is 0. The molecular formula is C38H49ClO9S. The van der Waals surface area contributed by atoms with Crippen LogP contribution in [0.25, 0.3) is 0 Å². The minimum absolute atomic E-state index is 0.106. The number of ether oxygens (including phenoxy) is 7. The number of benzene rings is 2. The van der Waals surface area contributed by atoms with Gasteiger partial charge in [-0.15, -0.1) is 11.8 Å². The van der Waals surface area contributed by atoms with Crippen LogP contribution in [0.4, 0.5) is 0 Å². The largest absolute Gasteiger partial charge is 0.491 e. The van der Waals surface area contributed by atoms with Gasteiger partial charge in [0.1, 0.15) is 30.0 Å². The number of hydrogen-bond acceptors (Lipinski definition) is 10. The number of carbonyl (C=O) groups excluding carboxylic acids is 2. The van der Waals surface area contributed by atoms with Crippen molar-refractivity contribution >= 4 is 35.1 Å². The highest BCUT2D eigenvalue weighted by molar-refractivity contribution is 7.98. The van der Waals surface area contributed by atoms with E-state index in [0.717, 1.165) is 43.4 Å². The maximum absolute atomic E-state index is 13.4. The highest BCUT2D eigenvalue weighted by atomic mass is 35.5. The van der Waals surface area contributed by atoms with E-state index < -0.39 is 18.3 Å². The van der Waals surface area contributed by atoms with Gasteiger partial charge in [0.15, 0.2) is 12.6 Å². The molecule has 1 aliphatic carbocycles. The van der Waals surface area contributed by atoms with Crippen molar-refractivity contribution in [2.75, 3.05) is 32.7 Å². The fourth-order valence-corrected chi connectivity index (χ4v) is 6.80. The zero-order valence-corrected chi connectivity index (χ0v) is 29.9. The molecule has 0 amide bonds. The Morgan fingerprint density at radius 2 is 1.76 bits per heavy atom. The fraction of sp³-hybridized carbons (Fsp3) is 0.579. The number of Topliss-reactive ketones (excluding diaryl/α,β-unsaturated/α-hetero) is 1. The third-order valence-corrected chi connectivity index (χ3v) is 9.81. The van der Waals surface area contributed by atoms with Crippen molar-refractivity contribution in [3.8, 4) is 11.5 Å². The van der Waals surface area contributed by atoms with Gasteiger partial charge in [-0.25, -0.2) is 0 Å². The summed E-state index contributed by atoms with van der Waals surface area (Å²) >= 11 is 7.81. The smallest absolute Gasteiger partial charge is 0.311 e. The average molecular weight is 717 g/mol. The first kappa shape index (κ1) is 37.8. The number of esters is 1. The molecule has 2 aromatic carbocycles. The first-order chi connectivity index (χ1) is 24.0. The van der Waals surface area contributed by atoms with Crippen LogP contribution in [0.15, 0.2) is 65.6 Å². The van der Waals surface area contributed by atoms with Gasteiger partial charge in [-0.3, -0.25) is 9.59 Å². The summed E-state index contributed by atoms with van der Waals surface area (Å²) in [6, 6.07) is 14.7. The summed E-state index contributed by atoms with van der Waals surface area (Å²) in [6.07, 6.45) is 12.1. The molecule has 0 radical (unpaired) electrons. The fourth-order valence-electron chi connectivity index (χ4n) is 6.21. The van der Waals surface area contributed by atoms with E-state index in [1.54, 1.807) is 23.9 Å². The van der Waals surface area contributed by atoms with Crippen molar-refractivity contribution < 1.29 is 42.7 Å². The van der Waals surface area contributed by atoms with Gasteiger partial charge in [-0.1, -0.05) is 29.8 Å². The first-order valence-electron chi connectivity index (χ1n) is 17.5. The Morgan fingerprint density at radius 1 is 0.980 bits per heavy atom. The Kier molecular flexibility index (Phi) is 15.8. The number of unbranched alkanes of at least 4 members (excludes halogenated alkanes) is 1. The van der Waals surface area contributed by atoms with Crippen LogP contribution >= 0.6 is 23.4 Å². The van der Waals surface area contributed by atoms with Gasteiger partial charge in [-0.2, -0.15) is 0 Å². The Bertz CT molecular complexity index is 1330. The number of allylic oxidation sites excluding steroid dienone is 2. The highest BCUT2D eigenvalue weighted by Gasteiger charge is 2.45. The molecule has 9 nitrogen and oxygen atoms in total. The van der Waals surface area contributed by atoms with Gasteiger partial charge in [-0.05, 0) is 107 Å². The van der Waals surface area contributed by atoms with Crippen LogP contribution in [-0.4, -0.2) is 75.3 Å². The number of rotatable bonds is 18. The molecule has 0 aromatic heterocycles. The van der Waals surface area contributed by atoms with E-state index in [2.05, 4.69) is 0 Å². The standard InChI is InChI=1S/C38H49ClO9S/c1-49-31-19-17-28(18-20-31)46-35(41)14-5-3-2-4-13-32-33(40)24-34(48-37-16-7-9-22-43-37)38(32)45-26-30(47-36-15-6-8-21-42-36)25-44-29-12-10-11-27(39)23-29/h2,4,10-12,17-20,23,30,32,34,36-38H,3,5-9,13-16,21-22,24-26H2,1H3/t30?,32-,34+,36?,37?,38+/m0/s1. The highest BCUT2D eigenvalue weighted by Crippen LogP contribution is 2.34. The van der Waals surface area contributed by atoms with E-state index in [1.807, 2.05) is 54.8 Å². The number of carbonyl (C=O) groups is 2. The molecule has 3 aliphatic rings. The van der Waals surface area contributed by atoms with Gasteiger partial charge in [0.2, 0.25) is 0 Å². The average Bonchev–Trinajstić information content (AvgIpc) is 3.41. The Labute approximate surface area is 299 Å². The van der Waals surface area contributed by atoms with E-state index in [1.165, 1.54) is 0 Å². The van der Waals surface area contributed by atoms with Crippen molar-refractivity contribution in [3.05, 3.63) is 65.7 Å². The van der Waals surface area contributed by atoms with Gasteiger partial charge in [0, 0.05) is 36.0 Å². The van der Waals surface area contributed by atoms with Crippen molar-refractivity contribution in [2.24, 2.45) is 5.92 Å². The molecule has 5 rings (SSSR count). The Balaban J connectivity index is 1.16. The van der Waals surface area contributed by atoms with Crippen molar-refractivity contribution in [3.63, 3.8) is 0 Å². The van der Waals surface area contributed by atoms with Crippen LogP contribution in [0.5, 0.6) is 11.5 Å². The topological polar surface area (TPSA) is 98.8 Å². The molecule has 3 fully saturated rings. The second-order valence-corrected chi connectivity index (χ2v) is 13.9. The number of ketones is 1. The van der Waals surface area contributed by atoms with Gasteiger partial charge >= 0.3 is 5.97 Å². The summed E-state index contributed by atoms with van der Waals surface area (Å²) in [5, 5.41) is 0.587. The molecule has 49 heavy (non-hydrogen) atoms. The third kappa shape index (κ3) is 12.7. The van der Waals surface area contributed by atoms with Crippen LogP contribution in [0.3, 0.4) is 0 Å². The van der Waals surface area contributed by atoms with E-state index in [4.69, 9.17) is 44.8 Å². The molecule has 6 atom stereocenters. The number of thioether (sulfide) groups is 1. The summed E-state index contributed by atoms with van der Waals surface area (Å²) in [4.78, 5) is 26.8. The molecule has 2 heterocycles. The minimum Gasteiger partial charge on any atom is -0.491 e. The quantitative estimate of drug-likeness (QED) is 0.0497. The van der Waals surface area contributed by atoms with Crippen molar-refractivity contribution in [1.29, 1.82) is 0 Å². The monoisotopic (exact) mass is 716 g/mol. The molecule has 0 N–H and O–H groups in total. The van der Waals surface area contributed by atoms with Gasteiger partial charge < -0.3 is 33.2 Å². The lowest BCUT2D eigenvalue weighted by Gasteiger charge is -2.32. The van der Waals surface area contributed by atoms with Crippen molar-refractivity contribution in [2.45, 2.75) is 106 Å². The molecule has 268 valence electrons. The van der Waals surface area contributed by atoms with E-state index >= 15 is 0 Å². The normalized spacial score (nSPS) is 25.0. The predicted molar refractivity (Wildman–Crippen MR) is 188 cm³/mol. The summed E-state index contributed by atoms with van der Waals surface area (Å²) in [5.74, 6) is 0.659. The predicted octanol–water partition coefficient (Wildman–Crippen LogP) is 7.96. The van der Waals surface area contributed by atoms with Gasteiger partial charge in [0.25, 0.3) is 0 Å². The molecule has 2 aliphatic heterocycles. The van der Waals surface area contributed by atoms with E-state index in [9.17, 15) is 9.59 Å². The lowest BCUT2D eigenvalue weighted by Crippen LogP contribution is -2.40. The lowest BCUT2D eigenvalue weighted by molar-refractivity contribution is -0.226. The van der Waals surface area contributed by atoms with Crippen LogP contribution in [0.1, 0.15) is 70.6 Å². The van der Waals surface area contributed by atoms with Crippen LogP contribution < -0.4 is 9.47 Å². The maximum atomic E-state index is 13.4. The zero-order valence-electron chi connectivity index (χ0n) is 28.3. The van der Waals surface area contributed by atoms with Gasteiger partial charge in [0.05, 0.1) is 24.7 Å². The maximum Gasteiger partial charge on any atom is 0.311 e. The molecule has 11 heteroatoms. The summed E-state index contributed by atoms with van der Waals surface area (Å²) in [6.45, 7) is 1.74. The Hall–Kier alpha value is -2.44. The van der Waals surface area contributed by atoms with Crippen LogP contribution in [0.2, 0.25) is 5.02 Å². The summed E-state index contributed by atoms with van der Waals surface area (Å²) < 4.78 is 42.5. The number of halogens is 1. The molecule has 2 saturated heterocycles. The molecule has 3 unspecified atom stereocenters. The van der Waals surface area contributed by atoms with E-state index in [0.29, 0.717) is 55.4 Å². The third-order valence-electron chi connectivity index (χ3n) is 8.83. The van der Waals surface area contributed by atoms with E-state index in [-0.39, 0.29) is 49.9 Å². The van der Waals surface area contributed by atoms with Crippen molar-refractivity contribution in [1.82, 2.24) is 0 Å². The molecular weight excluding hydrogens is 668 g/mol. The van der Waals surface area contributed by atoms with Crippen LogP contribution in [-0.2, 0) is 33.3 Å². The lowest BCUT2D eigenvalue weighted by atomic mass is 9.99. The molecule has 2 aromatic rings. The summed E-state index contributed by atoms with van der Waals surface area (Å²) in [7, 11) is 0. The molecule has 0 bridgehead atoms. The van der Waals surface area contributed by atoms with Crippen LogP contribution in [0, 0.1) is 5.92 Å². The Morgan fingerprint density at radius 3 is 2.47 bits per heavy atom. The summed E-state index contributed by atoms with van der Waals surface area (Å²) in [5.41, 5.74) is 0. The minimum atomic E-state index is -0.473. The second kappa shape index (κ2) is 20.4. The molecule has 0 spiro atoms. The zero-order chi connectivity index (χ0) is 34.3. The second-order valence-electron chi connectivity index (χ2n) is 12.6. The molecule has 1 saturated carbocycles. The SMILES string of the molecule is CSc1ccc(OC(=O)CCCC=CC[C@H]2C(=O)C[C@@H](OC3CCCCO3)[C@@H]2OCC(COc2cccc(Cl)c2)OC2CCCCO2)cc1. The first-order valence-corrected chi connectivity index (χ1v) is 19.1.